The third kappa shape index (κ3) is 3.72. The molecule has 0 aliphatic rings. The molecule has 0 saturated carbocycles. The summed E-state index contributed by atoms with van der Waals surface area (Å²) in [7, 11) is 1.54. The maximum absolute atomic E-state index is 12.0. The molecule has 0 unspecified atom stereocenters. The first-order valence-corrected chi connectivity index (χ1v) is 7.55. The number of carbonyl (C=O) groups is 1. The van der Waals surface area contributed by atoms with Crippen molar-refractivity contribution in [3.8, 4) is 17.2 Å². The molecule has 122 valence electrons. The van der Waals surface area contributed by atoms with E-state index in [1.165, 1.54) is 7.11 Å². The van der Waals surface area contributed by atoms with E-state index < -0.39 is 0 Å². The Hall–Kier alpha value is -2.86. The molecule has 6 nitrogen and oxygen atoms in total. The van der Waals surface area contributed by atoms with Crippen LogP contribution in [0.1, 0.15) is 5.82 Å². The summed E-state index contributed by atoms with van der Waals surface area (Å²) in [5.74, 6) is 0.854. The Kier molecular flexibility index (Phi) is 4.77. The van der Waals surface area contributed by atoms with Crippen LogP contribution in [0, 0.1) is 0 Å². The summed E-state index contributed by atoms with van der Waals surface area (Å²) >= 11 is 6.00. The Morgan fingerprint density at radius 2 is 2.04 bits per heavy atom. The lowest BCUT2D eigenvalue weighted by atomic mass is 10.2. The molecule has 24 heavy (non-hydrogen) atoms. The van der Waals surface area contributed by atoms with Crippen molar-refractivity contribution in [2.45, 2.75) is 6.42 Å². The van der Waals surface area contributed by atoms with E-state index in [0.29, 0.717) is 22.0 Å². The average Bonchev–Trinajstić information content (AvgIpc) is 3.04. The summed E-state index contributed by atoms with van der Waals surface area (Å²) in [5, 5.41) is 7.12. The van der Waals surface area contributed by atoms with Gasteiger partial charge >= 0.3 is 0 Å². The summed E-state index contributed by atoms with van der Waals surface area (Å²) in [6.07, 6.45) is 0.00127. The number of halogens is 1. The predicted octanol–water partition coefficient (Wildman–Crippen LogP) is 3.58. The predicted molar refractivity (Wildman–Crippen MR) is 90.1 cm³/mol. The highest BCUT2D eigenvalue weighted by atomic mass is 35.5. The minimum Gasteiger partial charge on any atom is -0.496 e. The van der Waals surface area contributed by atoms with Gasteiger partial charge in [-0.15, -0.1) is 0 Å². The second-order valence-corrected chi connectivity index (χ2v) is 5.39. The molecule has 0 aliphatic heterocycles. The first-order valence-electron chi connectivity index (χ1n) is 7.17. The zero-order valence-electron chi connectivity index (χ0n) is 12.8. The number of benzene rings is 2. The van der Waals surface area contributed by atoms with Crippen molar-refractivity contribution in [2.75, 3.05) is 12.4 Å². The van der Waals surface area contributed by atoms with E-state index in [1.807, 2.05) is 18.2 Å². The quantitative estimate of drug-likeness (QED) is 0.766. The highest BCUT2D eigenvalue weighted by molar-refractivity contribution is 6.30. The number of para-hydroxylation sites is 1. The number of nitrogens with zero attached hydrogens (tertiary/aromatic N) is 2. The molecule has 0 spiro atoms. The van der Waals surface area contributed by atoms with Crippen LogP contribution in [0.25, 0.3) is 11.5 Å². The highest BCUT2D eigenvalue weighted by Gasteiger charge is 2.16. The van der Waals surface area contributed by atoms with Crippen LogP contribution in [-0.4, -0.2) is 23.2 Å². The average molecular weight is 344 g/mol. The molecule has 2 aromatic carbocycles. The van der Waals surface area contributed by atoms with Gasteiger partial charge in [-0.1, -0.05) is 35.0 Å². The fourth-order valence-electron chi connectivity index (χ4n) is 2.15. The number of anilines is 1. The van der Waals surface area contributed by atoms with Crippen LogP contribution in [0.15, 0.2) is 53.1 Å². The number of amides is 1. The summed E-state index contributed by atoms with van der Waals surface area (Å²) in [5.41, 5.74) is 1.29. The second-order valence-electron chi connectivity index (χ2n) is 4.95. The monoisotopic (exact) mass is 343 g/mol. The van der Waals surface area contributed by atoms with Crippen LogP contribution in [-0.2, 0) is 11.2 Å². The lowest BCUT2D eigenvalue weighted by Crippen LogP contribution is -2.15. The van der Waals surface area contributed by atoms with Gasteiger partial charge in [0.1, 0.15) is 5.75 Å². The lowest BCUT2D eigenvalue weighted by Gasteiger charge is -2.04. The number of nitrogens with one attached hydrogen (secondary N) is 1. The fourth-order valence-corrected chi connectivity index (χ4v) is 2.32. The minimum absolute atomic E-state index is 0.00127. The third-order valence-corrected chi connectivity index (χ3v) is 3.47. The van der Waals surface area contributed by atoms with Gasteiger partial charge in [0.2, 0.25) is 5.91 Å². The molecule has 0 radical (unpaired) electrons. The maximum Gasteiger partial charge on any atom is 0.261 e. The molecule has 1 N–H and O–H groups in total. The van der Waals surface area contributed by atoms with Crippen molar-refractivity contribution in [3.63, 3.8) is 0 Å². The van der Waals surface area contributed by atoms with Gasteiger partial charge in [0.05, 0.1) is 19.1 Å². The summed E-state index contributed by atoms with van der Waals surface area (Å²) in [4.78, 5) is 16.3. The number of hydrogen-bond acceptors (Lipinski definition) is 5. The molecule has 0 atom stereocenters. The molecule has 1 aromatic heterocycles. The van der Waals surface area contributed by atoms with Gasteiger partial charge in [0, 0.05) is 10.7 Å². The zero-order valence-corrected chi connectivity index (χ0v) is 13.6. The standard InChI is InChI=1S/C17H14ClN3O3/c1-23-14-8-7-11(18)9-13(14)17-20-15(21-24-17)10-16(22)19-12-5-3-2-4-6-12/h2-9H,10H2,1H3,(H,19,22). The SMILES string of the molecule is COc1ccc(Cl)cc1-c1nc(CC(=O)Nc2ccccc2)no1. The number of aromatic nitrogens is 2. The van der Waals surface area contributed by atoms with E-state index in [9.17, 15) is 4.79 Å². The Bertz CT molecular complexity index is 849. The number of methoxy groups -OCH3 is 1. The number of hydrogen-bond donors (Lipinski definition) is 1. The van der Waals surface area contributed by atoms with Crippen LogP contribution in [0.2, 0.25) is 5.02 Å². The number of rotatable bonds is 5. The van der Waals surface area contributed by atoms with Crippen molar-refractivity contribution < 1.29 is 14.1 Å². The second kappa shape index (κ2) is 7.14. The lowest BCUT2D eigenvalue weighted by molar-refractivity contribution is -0.115. The molecule has 7 heteroatoms. The van der Waals surface area contributed by atoms with Gasteiger partial charge in [-0.2, -0.15) is 4.98 Å². The molecule has 1 amide bonds. The highest BCUT2D eigenvalue weighted by Crippen LogP contribution is 2.31. The van der Waals surface area contributed by atoms with Crippen LogP contribution < -0.4 is 10.1 Å². The fraction of sp³-hybridized carbons (Fsp3) is 0.118. The van der Waals surface area contributed by atoms with Gasteiger partial charge in [-0.05, 0) is 30.3 Å². The molecule has 3 aromatic rings. The van der Waals surface area contributed by atoms with Crippen molar-refractivity contribution in [3.05, 3.63) is 59.4 Å². The third-order valence-electron chi connectivity index (χ3n) is 3.24. The van der Waals surface area contributed by atoms with Crippen molar-refractivity contribution >= 4 is 23.2 Å². The van der Waals surface area contributed by atoms with E-state index in [4.69, 9.17) is 20.9 Å². The van der Waals surface area contributed by atoms with Gasteiger partial charge in [0.25, 0.3) is 5.89 Å². The van der Waals surface area contributed by atoms with Gasteiger partial charge in [-0.25, -0.2) is 0 Å². The molecule has 0 fully saturated rings. The van der Waals surface area contributed by atoms with E-state index in [1.54, 1.807) is 30.3 Å². The zero-order chi connectivity index (χ0) is 16.9. The Morgan fingerprint density at radius 1 is 1.25 bits per heavy atom. The molecule has 0 bridgehead atoms. The van der Waals surface area contributed by atoms with Crippen LogP contribution in [0.4, 0.5) is 5.69 Å². The van der Waals surface area contributed by atoms with Gasteiger partial charge < -0.3 is 14.6 Å². The van der Waals surface area contributed by atoms with Crippen molar-refractivity contribution in [1.29, 1.82) is 0 Å². The maximum atomic E-state index is 12.0. The largest absolute Gasteiger partial charge is 0.496 e. The minimum atomic E-state index is -0.230. The first kappa shape index (κ1) is 16.0. The number of ether oxygens (including phenoxy) is 1. The number of carbonyl (C=O) groups excluding carboxylic acids is 1. The van der Waals surface area contributed by atoms with Crippen LogP contribution in [0.5, 0.6) is 5.75 Å². The molecular formula is C17H14ClN3O3. The van der Waals surface area contributed by atoms with E-state index in [0.717, 1.165) is 0 Å². The Morgan fingerprint density at radius 3 is 2.79 bits per heavy atom. The van der Waals surface area contributed by atoms with Crippen LogP contribution >= 0.6 is 11.6 Å². The summed E-state index contributed by atoms with van der Waals surface area (Å²) < 4.78 is 10.5. The van der Waals surface area contributed by atoms with Crippen molar-refractivity contribution in [2.24, 2.45) is 0 Å². The van der Waals surface area contributed by atoms with E-state index in [2.05, 4.69) is 15.5 Å². The Balaban J connectivity index is 1.74. The summed E-state index contributed by atoms with van der Waals surface area (Å²) in [6.45, 7) is 0. The van der Waals surface area contributed by atoms with Gasteiger partial charge in [0.15, 0.2) is 5.82 Å². The summed E-state index contributed by atoms with van der Waals surface area (Å²) in [6, 6.07) is 14.2. The molecular weight excluding hydrogens is 330 g/mol. The van der Waals surface area contributed by atoms with Gasteiger partial charge in [-0.3, -0.25) is 4.79 Å². The van der Waals surface area contributed by atoms with Crippen LogP contribution in [0.3, 0.4) is 0 Å². The molecule has 1 heterocycles. The molecule has 0 aliphatic carbocycles. The van der Waals surface area contributed by atoms with Crippen molar-refractivity contribution in [1.82, 2.24) is 10.1 Å². The molecule has 0 saturated heterocycles. The Labute approximate surface area is 143 Å². The van der Waals surface area contributed by atoms with E-state index in [-0.39, 0.29) is 24.0 Å². The normalized spacial score (nSPS) is 10.4. The topological polar surface area (TPSA) is 77.2 Å². The first-order chi connectivity index (χ1) is 11.7. The molecule has 3 rings (SSSR count). The smallest absolute Gasteiger partial charge is 0.261 e. The van der Waals surface area contributed by atoms with E-state index >= 15 is 0 Å².